The van der Waals surface area contributed by atoms with E-state index >= 15 is 0 Å². The van der Waals surface area contributed by atoms with Crippen molar-refractivity contribution >= 4 is 27.5 Å². The van der Waals surface area contributed by atoms with Gasteiger partial charge in [0.2, 0.25) is 0 Å². The van der Waals surface area contributed by atoms with Crippen LogP contribution in [-0.4, -0.2) is 20.8 Å². The minimum absolute atomic E-state index is 0.00344. The summed E-state index contributed by atoms with van der Waals surface area (Å²) < 4.78 is 1.02. The molecular formula is C27H21N3OS. The van der Waals surface area contributed by atoms with Crippen molar-refractivity contribution in [3.8, 4) is 11.1 Å². The second-order valence-corrected chi connectivity index (χ2v) is 8.51. The predicted molar refractivity (Wildman–Crippen MR) is 129 cm³/mol. The van der Waals surface area contributed by atoms with Crippen molar-refractivity contribution in [2.75, 3.05) is 0 Å². The van der Waals surface area contributed by atoms with Crippen molar-refractivity contribution in [2.24, 2.45) is 0 Å². The molecule has 5 heteroatoms. The van der Waals surface area contributed by atoms with E-state index in [0.29, 0.717) is 18.7 Å². The predicted octanol–water partition coefficient (Wildman–Crippen LogP) is 6.20. The number of fused-ring (bicyclic) bond motifs is 1. The van der Waals surface area contributed by atoms with Crippen LogP contribution in [-0.2, 0) is 13.1 Å². The zero-order valence-corrected chi connectivity index (χ0v) is 18.2. The molecule has 0 unspecified atom stereocenters. The van der Waals surface area contributed by atoms with Crippen LogP contribution in [0.2, 0.25) is 0 Å². The zero-order valence-electron chi connectivity index (χ0n) is 17.4. The number of aromatic nitrogens is 2. The molecule has 1 amide bonds. The molecular weight excluding hydrogens is 414 g/mol. The van der Waals surface area contributed by atoms with E-state index in [9.17, 15) is 4.79 Å². The van der Waals surface area contributed by atoms with Gasteiger partial charge in [0.1, 0.15) is 0 Å². The average Bonchev–Trinajstić information content (AvgIpc) is 3.33. The maximum Gasteiger partial charge on any atom is 0.254 e. The Morgan fingerprint density at radius 3 is 2.38 bits per heavy atom. The van der Waals surface area contributed by atoms with Crippen LogP contribution in [0.1, 0.15) is 21.5 Å². The van der Waals surface area contributed by atoms with Gasteiger partial charge in [-0.25, -0.2) is 4.98 Å². The van der Waals surface area contributed by atoms with Gasteiger partial charge in [0.05, 0.1) is 15.7 Å². The van der Waals surface area contributed by atoms with Crippen molar-refractivity contribution in [1.82, 2.24) is 14.9 Å². The fourth-order valence-corrected chi connectivity index (χ4v) is 4.45. The lowest BCUT2D eigenvalue weighted by atomic mass is 10.0. The highest BCUT2D eigenvalue weighted by molar-refractivity contribution is 7.16. The first-order valence-electron chi connectivity index (χ1n) is 10.4. The number of amides is 1. The van der Waals surface area contributed by atoms with Crippen LogP contribution in [0.25, 0.3) is 21.3 Å². The van der Waals surface area contributed by atoms with E-state index in [1.165, 1.54) is 5.56 Å². The Morgan fingerprint density at radius 2 is 1.59 bits per heavy atom. The first-order valence-corrected chi connectivity index (χ1v) is 11.3. The highest BCUT2D eigenvalue weighted by Crippen LogP contribution is 2.23. The van der Waals surface area contributed by atoms with E-state index in [-0.39, 0.29) is 5.91 Å². The highest BCUT2D eigenvalue weighted by Gasteiger charge is 2.18. The lowest BCUT2D eigenvalue weighted by molar-refractivity contribution is 0.0730. The summed E-state index contributed by atoms with van der Waals surface area (Å²) in [6.45, 7) is 1.01. The summed E-state index contributed by atoms with van der Waals surface area (Å²) >= 11 is 1.55. The van der Waals surface area contributed by atoms with Crippen LogP contribution < -0.4 is 0 Å². The topological polar surface area (TPSA) is 46.1 Å². The van der Waals surface area contributed by atoms with Gasteiger partial charge in [-0.2, -0.15) is 0 Å². The second-order valence-electron chi connectivity index (χ2n) is 7.62. The zero-order chi connectivity index (χ0) is 21.8. The molecule has 2 heterocycles. The molecule has 0 radical (unpaired) electrons. The first kappa shape index (κ1) is 20.1. The van der Waals surface area contributed by atoms with Crippen LogP contribution in [0, 0.1) is 0 Å². The summed E-state index contributed by atoms with van der Waals surface area (Å²) in [6, 6.07) is 28.3. The van der Waals surface area contributed by atoms with Gasteiger partial charge in [-0.3, -0.25) is 9.78 Å². The van der Waals surface area contributed by atoms with Gasteiger partial charge in [0.15, 0.2) is 0 Å². The summed E-state index contributed by atoms with van der Waals surface area (Å²) in [6.07, 6.45) is 3.56. The van der Waals surface area contributed by atoms with Gasteiger partial charge in [-0.15, -0.1) is 11.3 Å². The number of hydrogen-bond donors (Lipinski definition) is 0. The molecule has 32 heavy (non-hydrogen) atoms. The lowest BCUT2D eigenvalue weighted by Gasteiger charge is -2.23. The van der Waals surface area contributed by atoms with Crippen LogP contribution in [0.3, 0.4) is 0 Å². The second kappa shape index (κ2) is 9.12. The Balaban J connectivity index is 1.42. The smallest absolute Gasteiger partial charge is 0.254 e. The fourth-order valence-electron chi connectivity index (χ4n) is 3.74. The molecule has 0 saturated heterocycles. The molecule has 5 rings (SSSR count). The molecule has 0 aliphatic carbocycles. The van der Waals surface area contributed by atoms with Crippen LogP contribution in [0.5, 0.6) is 0 Å². The third-order valence-corrected chi connectivity index (χ3v) is 6.19. The average molecular weight is 436 g/mol. The largest absolute Gasteiger partial charge is 0.330 e. The number of benzene rings is 3. The Bertz CT molecular complexity index is 1330. The standard InChI is InChI=1S/C27H21N3OS/c31-27(24-12-13-25-26(15-24)32-19-29-25)30(18-21-5-4-14-28-16-21)17-20-8-10-23(11-9-20)22-6-2-1-3-7-22/h1-16,19H,17-18H2. The van der Waals surface area contributed by atoms with E-state index in [1.807, 2.05) is 59.6 Å². The minimum Gasteiger partial charge on any atom is -0.330 e. The molecule has 156 valence electrons. The number of hydrogen-bond acceptors (Lipinski definition) is 4. The Labute approximate surface area is 190 Å². The molecule has 0 N–H and O–H groups in total. The highest BCUT2D eigenvalue weighted by atomic mass is 32.1. The Morgan fingerprint density at radius 1 is 0.812 bits per heavy atom. The van der Waals surface area contributed by atoms with E-state index in [0.717, 1.165) is 26.9 Å². The first-order chi connectivity index (χ1) is 15.8. The van der Waals surface area contributed by atoms with Crippen LogP contribution in [0.15, 0.2) is 103 Å². The maximum atomic E-state index is 13.5. The number of pyridine rings is 1. The van der Waals surface area contributed by atoms with E-state index in [2.05, 4.69) is 46.4 Å². The maximum absolute atomic E-state index is 13.5. The number of rotatable bonds is 6. The Kier molecular flexibility index (Phi) is 5.73. The molecule has 0 fully saturated rings. The summed E-state index contributed by atoms with van der Waals surface area (Å²) in [5, 5.41) is 0. The number of thiazole rings is 1. The van der Waals surface area contributed by atoms with Gasteiger partial charge >= 0.3 is 0 Å². The molecule has 5 aromatic rings. The van der Waals surface area contributed by atoms with Gasteiger partial charge < -0.3 is 4.90 Å². The van der Waals surface area contributed by atoms with Crippen molar-refractivity contribution in [2.45, 2.75) is 13.1 Å². The Hall–Kier alpha value is -3.83. The SMILES string of the molecule is O=C(c1ccc2ncsc2c1)N(Cc1ccc(-c2ccccc2)cc1)Cc1cccnc1. The summed E-state index contributed by atoms with van der Waals surface area (Å²) in [7, 11) is 0. The van der Waals surface area contributed by atoms with Crippen LogP contribution in [0.4, 0.5) is 0 Å². The van der Waals surface area contributed by atoms with Gasteiger partial charge in [0, 0.05) is 31.0 Å². The quantitative estimate of drug-likeness (QED) is 0.319. The molecule has 4 nitrogen and oxygen atoms in total. The molecule has 0 atom stereocenters. The van der Waals surface area contributed by atoms with Crippen molar-refractivity contribution in [1.29, 1.82) is 0 Å². The van der Waals surface area contributed by atoms with Gasteiger partial charge in [0.25, 0.3) is 5.91 Å². The van der Waals surface area contributed by atoms with Crippen molar-refractivity contribution < 1.29 is 4.79 Å². The summed E-state index contributed by atoms with van der Waals surface area (Å²) in [5.41, 5.74) is 7.82. The molecule has 0 aliphatic heterocycles. The number of carbonyl (C=O) groups is 1. The molecule has 0 bridgehead atoms. The monoisotopic (exact) mass is 435 g/mol. The molecule has 0 saturated carbocycles. The summed E-state index contributed by atoms with van der Waals surface area (Å²) in [5.74, 6) is -0.00344. The van der Waals surface area contributed by atoms with E-state index in [4.69, 9.17) is 0 Å². The summed E-state index contributed by atoms with van der Waals surface area (Å²) in [4.78, 5) is 23.9. The molecule has 0 aliphatic rings. The minimum atomic E-state index is -0.00344. The van der Waals surface area contributed by atoms with Crippen LogP contribution >= 0.6 is 11.3 Å². The molecule has 3 aromatic carbocycles. The molecule has 2 aromatic heterocycles. The van der Waals surface area contributed by atoms with E-state index in [1.54, 1.807) is 23.0 Å². The van der Waals surface area contributed by atoms with E-state index < -0.39 is 0 Å². The normalized spacial score (nSPS) is 10.9. The molecule has 0 spiro atoms. The number of nitrogens with zero attached hydrogens (tertiary/aromatic N) is 3. The number of carbonyl (C=O) groups excluding carboxylic acids is 1. The van der Waals surface area contributed by atoms with Gasteiger partial charge in [-0.05, 0) is 46.5 Å². The third kappa shape index (κ3) is 4.43. The lowest BCUT2D eigenvalue weighted by Crippen LogP contribution is -2.30. The third-order valence-electron chi connectivity index (χ3n) is 5.40. The van der Waals surface area contributed by atoms with Crippen molar-refractivity contribution in [3.05, 3.63) is 120 Å². The van der Waals surface area contributed by atoms with Crippen molar-refractivity contribution in [3.63, 3.8) is 0 Å². The fraction of sp³-hybridized carbons (Fsp3) is 0.0741. The van der Waals surface area contributed by atoms with Gasteiger partial charge in [-0.1, -0.05) is 60.7 Å².